The number of benzene rings is 1. The molecule has 0 fully saturated rings. The SMILES string of the molecule is [2H]c1c([2H])c(C([2H])([2H])[C@@]([2H])(C(=O)O)N([2H])[2H])c([2H])c([2H])c1O. The van der Waals surface area contributed by atoms with E-state index in [1.165, 1.54) is 0 Å². The summed E-state index contributed by atoms with van der Waals surface area (Å²) in [6, 6.07) is -7.79. The summed E-state index contributed by atoms with van der Waals surface area (Å²) in [5.41, 5.74) is -1.88. The fraction of sp³-hybridized carbons (Fsp3) is 0.222. The third-order valence-corrected chi connectivity index (χ3v) is 1.06. The predicted molar refractivity (Wildman–Crippen MR) is 47.4 cm³/mol. The summed E-state index contributed by atoms with van der Waals surface area (Å²) in [7, 11) is 0. The standard InChI is InChI=1S/C9H11NO3/c10-8(9(12)13)5-6-1-3-7(11)4-2-6/h1-4,8,11H,5,10H2,(H,12,13)/t8-/m0/s1/i1D,2D,3D,4D,5D2,8D/hD2. The second kappa shape index (κ2) is 3.91. The normalized spacial score (nSPS) is 26.1. The minimum absolute atomic E-state index is 0.742. The average Bonchev–Trinajstić information content (AvgIpc) is 2.41. The van der Waals surface area contributed by atoms with Crippen LogP contribution in [0.3, 0.4) is 0 Å². The molecule has 1 atom stereocenters. The van der Waals surface area contributed by atoms with Crippen molar-refractivity contribution in [2.45, 2.75) is 12.4 Å². The van der Waals surface area contributed by atoms with E-state index in [4.69, 9.17) is 17.5 Å². The minimum Gasteiger partial charge on any atom is -0.508 e. The molecular formula is C9H11NO3. The molecule has 4 nitrogen and oxygen atoms in total. The van der Waals surface area contributed by atoms with Gasteiger partial charge in [-0.1, -0.05) is 12.1 Å². The van der Waals surface area contributed by atoms with Crippen molar-refractivity contribution in [3.8, 4) is 5.75 Å². The molecule has 13 heavy (non-hydrogen) atoms. The molecule has 0 amide bonds. The number of carboxylic acid groups (broad SMARTS) is 1. The Morgan fingerprint density at radius 3 is 2.85 bits per heavy atom. The van der Waals surface area contributed by atoms with Gasteiger partial charge in [0, 0.05) is 2.74 Å². The molecule has 0 heterocycles. The molecule has 0 bridgehead atoms. The lowest BCUT2D eigenvalue weighted by Gasteiger charge is -2.05. The van der Waals surface area contributed by atoms with Crippen molar-refractivity contribution in [2.24, 2.45) is 5.72 Å². The van der Waals surface area contributed by atoms with Crippen LogP contribution in [-0.2, 0) is 11.2 Å². The quantitative estimate of drug-likeness (QED) is 0.639. The maximum absolute atomic E-state index is 11.2. The summed E-state index contributed by atoms with van der Waals surface area (Å²) in [5, 5.41) is 18.4. The van der Waals surface area contributed by atoms with Gasteiger partial charge in [0.05, 0.1) is 6.85 Å². The van der Waals surface area contributed by atoms with Gasteiger partial charge in [0.2, 0.25) is 0 Å². The Morgan fingerprint density at radius 1 is 1.77 bits per heavy atom. The summed E-state index contributed by atoms with van der Waals surface area (Å²) in [5.74, 6) is -3.29. The Bertz CT molecular complexity index is 606. The van der Waals surface area contributed by atoms with Crippen LogP contribution in [0.5, 0.6) is 5.75 Å². The summed E-state index contributed by atoms with van der Waals surface area (Å²) in [6.07, 6.45) is -3.46. The summed E-state index contributed by atoms with van der Waals surface area (Å²) in [6.45, 7) is 0. The van der Waals surface area contributed by atoms with Gasteiger partial charge >= 0.3 is 5.97 Å². The molecule has 1 rings (SSSR count). The van der Waals surface area contributed by atoms with Gasteiger partial charge in [0.25, 0.3) is 0 Å². The van der Waals surface area contributed by atoms with Gasteiger partial charge in [0.15, 0.2) is 0 Å². The van der Waals surface area contributed by atoms with E-state index >= 15 is 0 Å². The Hall–Kier alpha value is -1.55. The molecule has 0 spiro atoms. The first kappa shape index (κ1) is 2.99. The van der Waals surface area contributed by atoms with Crippen LogP contribution in [0.25, 0.3) is 0 Å². The van der Waals surface area contributed by atoms with E-state index in [0.29, 0.717) is 0 Å². The van der Waals surface area contributed by atoms with Gasteiger partial charge in [0.1, 0.15) is 14.6 Å². The highest BCUT2D eigenvalue weighted by molar-refractivity contribution is 5.73. The monoisotopic (exact) mass is 190 g/mol. The van der Waals surface area contributed by atoms with Crippen molar-refractivity contribution in [3.05, 3.63) is 29.7 Å². The molecule has 0 aromatic heterocycles. The Kier molecular flexibility index (Phi) is 0.899. The first-order valence-corrected chi connectivity index (χ1v) is 3.12. The van der Waals surface area contributed by atoms with E-state index in [9.17, 15) is 9.90 Å². The molecule has 0 unspecified atom stereocenters. The number of phenols is 1. The Labute approximate surface area is 88.4 Å². The number of carboxylic acids is 1. The molecular weight excluding hydrogens is 170 g/mol. The smallest absolute Gasteiger partial charge is 0.320 e. The highest BCUT2D eigenvalue weighted by atomic mass is 16.4. The molecule has 0 saturated carbocycles. The number of aliphatic carboxylic acids is 1. The van der Waals surface area contributed by atoms with Gasteiger partial charge in [-0.15, -0.1) is 0 Å². The van der Waals surface area contributed by atoms with Crippen LogP contribution in [0.15, 0.2) is 24.2 Å². The molecule has 0 saturated heterocycles. The van der Waals surface area contributed by atoms with Crippen LogP contribution >= 0.6 is 0 Å². The van der Waals surface area contributed by atoms with Crippen molar-refractivity contribution in [2.75, 3.05) is 0 Å². The minimum atomic E-state index is -3.56. The van der Waals surface area contributed by atoms with E-state index in [1.54, 1.807) is 0 Å². The van der Waals surface area contributed by atoms with Crippen LogP contribution in [0.1, 0.15) is 15.2 Å². The molecule has 1 aromatic carbocycles. The van der Waals surface area contributed by atoms with Gasteiger partial charge in [-0.25, -0.2) is 0 Å². The average molecular weight is 190 g/mol. The van der Waals surface area contributed by atoms with Crippen LogP contribution in [0.4, 0.5) is 0 Å². The summed E-state index contributed by atoms with van der Waals surface area (Å²) < 4.78 is 67.0. The molecule has 0 radical (unpaired) electrons. The van der Waals surface area contributed by atoms with E-state index in [0.717, 1.165) is 0 Å². The summed E-state index contributed by atoms with van der Waals surface area (Å²) in [4.78, 5) is 11.2. The number of nitrogens with two attached hydrogens (primary N) is 1. The molecule has 1 aromatic rings. The number of carbonyl (C=O) groups is 1. The zero-order valence-electron chi connectivity index (χ0n) is 15.2. The number of phenolic OH excluding ortho intramolecular Hbond substituents is 1. The van der Waals surface area contributed by atoms with Crippen LogP contribution in [0, 0.1) is 0 Å². The molecule has 0 aliphatic carbocycles. The Morgan fingerprint density at radius 2 is 2.38 bits per heavy atom. The third kappa shape index (κ3) is 2.76. The molecule has 4 N–H and O–H groups in total. The number of hydrogen-bond donors (Lipinski definition) is 3. The highest BCUT2D eigenvalue weighted by Gasteiger charge is 2.11. The maximum atomic E-state index is 11.2. The van der Waals surface area contributed by atoms with Gasteiger partial charge < -0.3 is 15.9 Å². The zero-order chi connectivity index (χ0) is 17.6. The maximum Gasteiger partial charge on any atom is 0.320 e. The van der Waals surface area contributed by atoms with Gasteiger partial charge in [-0.05, 0) is 24.0 Å². The number of aromatic hydroxyl groups is 1. The third-order valence-electron chi connectivity index (χ3n) is 1.06. The second-order valence-corrected chi connectivity index (χ2v) is 2.00. The lowest BCUT2D eigenvalue weighted by atomic mass is 10.1. The fourth-order valence-corrected chi connectivity index (χ4v) is 0.540. The number of hydrogen-bond acceptors (Lipinski definition) is 3. The second-order valence-electron chi connectivity index (χ2n) is 2.00. The lowest BCUT2D eigenvalue weighted by Crippen LogP contribution is -2.32. The molecule has 0 aliphatic heterocycles. The van der Waals surface area contributed by atoms with E-state index in [-0.39, 0.29) is 0 Å². The van der Waals surface area contributed by atoms with Crippen molar-refractivity contribution in [1.29, 1.82) is 0 Å². The Balaban J connectivity index is 3.84. The molecule has 0 aliphatic rings. The van der Waals surface area contributed by atoms with E-state index in [2.05, 4.69) is 0 Å². The van der Waals surface area contributed by atoms with E-state index in [1.807, 2.05) is 0 Å². The number of rotatable bonds is 4. The van der Waals surface area contributed by atoms with Crippen LogP contribution < -0.4 is 5.72 Å². The summed E-state index contributed by atoms with van der Waals surface area (Å²) >= 11 is 0. The zero-order valence-corrected chi connectivity index (χ0v) is 6.25. The largest absolute Gasteiger partial charge is 0.508 e. The lowest BCUT2D eigenvalue weighted by molar-refractivity contribution is -0.138. The fourth-order valence-electron chi connectivity index (χ4n) is 0.540. The van der Waals surface area contributed by atoms with Crippen molar-refractivity contribution in [3.63, 3.8) is 0 Å². The first-order chi connectivity index (χ1) is 9.81. The van der Waals surface area contributed by atoms with Gasteiger partial charge in [-0.3, -0.25) is 4.79 Å². The van der Waals surface area contributed by atoms with Crippen LogP contribution in [-0.4, -0.2) is 22.2 Å². The van der Waals surface area contributed by atoms with Crippen LogP contribution in [0.2, 0.25) is 2.82 Å². The molecule has 70 valence electrons. The highest BCUT2D eigenvalue weighted by Crippen LogP contribution is 2.10. The predicted octanol–water partition coefficient (Wildman–Crippen LogP) is 0.347. The van der Waals surface area contributed by atoms with Gasteiger partial charge in [-0.2, -0.15) is 0 Å². The van der Waals surface area contributed by atoms with Crippen molar-refractivity contribution in [1.82, 2.24) is 0 Å². The first-order valence-electron chi connectivity index (χ1n) is 7.52. The molecule has 4 heteroatoms. The van der Waals surface area contributed by atoms with Crippen molar-refractivity contribution < 1.29 is 27.4 Å². The topological polar surface area (TPSA) is 83.5 Å². The van der Waals surface area contributed by atoms with Crippen molar-refractivity contribution >= 4 is 5.97 Å². The van der Waals surface area contributed by atoms with E-state index < -0.39 is 59.6 Å².